The molecule has 0 fully saturated rings. The van der Waals surface area contributed by atoms with E-state index >= 15 is 0 Å². The zero-order valence-electron chi connectivity index (χ0n) is 13.8. The number of carbonyl (C=O) groups is 1. The lowest BCUT2D eigenvalue weighted by molar-refractivity contribution is -0.117. The van der Waals surface area contributed by atoms with Crippen LogP contribution in [0, 0.1) is 6.92 Å². The van der Waals surface area contributed by atoms with Gasteiger partial charge in [0.1, 0.15) is 5.76 Å². The topological polar surface area (TPSA) is 76.8 Å². The third-order valence-electron chi connectivity index (χ3n) is 3.23. The second kappa shape index (κ2) is 7.64. The smallest absolute Gasteiger partial charge is 0.239 e. The first-order chi connectivity index (χ1) is 11.0. The number of likely N-dealkylation sites (N-methyl/N-ethyl adjacent to an activating group) is 1. The number of ether oxygens (including phenoxy) is 2. The highest BCUT2D eigenvalue weighted by atomic mass is 16.5. The minimum atomic E-state index is -0.164. The number of amides is 1. The molecule has 1 aromatic carbocycles. The number of nitrogens with one attached hydrogen (secondary N) is 1. The Morgan fingerprint density at radius 1 is 1.35 bits per heavy atom. The lowest BCUT2D eigenvalue weighted by Crippen LogP contribution is -2.30. The van der Waals surface area contributed by atoms with Gasteiger partial charge in [0.05, 0.1) is 20.8 Å². The maximum atomic E-state index is 12.0. The lowest BCUT2D eigenvalue weighted by Gasteiger charge is -2.18. The molecular weight excluding hydrogens is 298 g/mol. The third-order valence-corrected chi connectivity index (χ3v) is 3.23. The van der Waals surface area contributed by atoms with E-state index in [9.17, 15) is 4.79 Å². The van der Waals surface area contributed by atoms with Crippen molar-refractivity contribution in [3.63, 3.8) is 0 Å². The van der Waals surface area contributed by atoms with Crippen LogP contribution < -0.4 is 14.8 Å². The van der Waals surface area contributed by atoms with E-state index in [1.165, 1.54) is 0 Å². The van der Waals surface area contributed by atoms with Crippen LogP contribution in [0.1, 0.15) is 11.3 Å². The lowest BCUT2D eigenvalue weighted by atomic mass is 10.1. The molecular formula is C16H21N3O4. The highest BCUT2D eigenvalue weighted by Gasteiger charge is 2.14. The van der Waals surface area contributed by atoms with Gasteiger partial charge in [-0.2, -0.15) is 0 Å². The van der Waals surface area contributed by atoms with Crippen LogP contribution >= 0.6 is 0 Å². The number of nitrogens with zero attached hydrogens (tertiary/aromatic N) is 2. The SMILES string of the molecule is COc1cccc(CN(C)CC(=O)Nc2cc(C)on2)c1OC. The number of hydrogen-bond acceptors (Lipinski definition) is 6. The number of aromatic nitrogens is 1. The fourth-order valence-corrected chi connectivity index (χ4v) is 2.28. The minimum Gasteiger partial charge on any atom is -0.493 e. The third kappa shape index (κ3) is 4.46. The van der Waals surface area contributed by atoms with Gasteiger partial charge in [-0.15, -0.1) is 0 Å². The summed E-state index contributed by atoms with van der Waals surface area (Å²) < 4.78 is 15.6. The van der Waals surface area contributed by atoms with Crippen molar-refractivity contribution in [1.82, 2.24) is 10.1 Å². The van der Waals surface area contributed by atoms with Crippen molar-refractivity contribution in [2.45, 2.75) is 13.5 Å². The summed E-state index contributed by atoms with van der Waals surface area (Å²) in [6.07, 6.45) is 0. The van der Waals surface area contributed by atoms with Crippen LogP contribution in [0.5, 0.6) is 11.5 Å². The molecule has 7 nitrogen and oxygen atoms in total. The molecule has 2 aromatic rings. The van der Waals surface area contributed by atoms with E-state index in [1.54, 1.807) is 27.2 Å². The van der Waals surface area contributed by atoms with E-state index in [4.69, 9.17) is 14.0 Å². The van der Waals surface area contributed by atoms with Crippen LogP contribution in [-0.4, -0.2) is 43.8 Å². The Hall–Kier alpha value is -2.54. The Morgan fingerprint density at radius 2 is 2.13 bits per heavy atom. The quantitative estimate of drug-likeness (QED) is 0.842. The number of anilines is 1. The van der Waals surface area contributed by atoms with E-state index in [-0.39, 0.29) is 12.5 Å². The molecule has 0 aliphatic carbocycles. The maximum absolute atomic E-state index is 12.0. The first kappa shape index (κ1) is 16.8. The Morgan fingerprint density at radius 3 is 2.74 bits per heavy atom. The number of methoxy groups -OCH3 is 2. The molecule has 0 spiro atoms. The summed E-state index contributed by atoms with van der Waals surface area (Å²) >= 11 is 0. The average molecular weight is 319 g/mol. The molecule has 0 saturated carbocycles. The number of rotatable bonds is 7. The average Bonchev–Trinajstić information content (AvgIpc) is 2.91. The van der Waals surface area contributed by atoms with Crippen LogP contribution in [0.3, 0.4) is 0 Å². The van der Waals surface area contributed by atoms with Crippen LogP contribution in [0.25, 0.3) is 0 Å². The Balaban J connectivity index is 1.96. The molecule has 1 heterocycles. The fourth-order valence-electron chi connectivity index (χ4n) is 2.28. The van der Waals surface area contributed by atoms with Crippen molar-refractivity contribution in [3.05, 3.63) is 35.6 Å². The highest BCUT2D eigenvalue weighted by molar-refractivity contribution is 5.91. The molecule has 1 amide bonds. The van der Waals surface area contributed by atoms with Gasteiger partial charge >= 0.3 is 0 Å². The fraction of sp³-hybridized carbons (Fsp3) is 0.375. The standard InChI is InChI=1S/C16H21N3O4/c1-11-8-14(18-23-11)17-15(20)10-19(2)9-12-6-5-7-13(21-3)16(12)22-4/h5-8H,9-10H2,1-4H3,(H,17,18,20). The largest absolute Gasteiger partial charge is 0.493 e. The maximum Gasteiger partial charge on any atom is 0.239 e. The molecule has 0 saturated heterocycles. The molecule has 23 heavy (non-hydrogen) atoms. The Bertz CT molecular complexity index is 669. The van der Waals surface area contributed by atoms with E-state index in [0.717, 1.165) is 5.56 Å². The zero-order chi connectivity index (χ0) is 16.8. The molecule has 0 aliphatic rings. The second-order valence-electron chi connectivity index (χ2n) is 5.20. The predicted molar refractivity (Wildman–Crippen MR) is 85.7 cm³/mol. The first-order valence-corrected chi connectivity index (χ1v) is 7.15. The first-order valence-electron chi connectivity index (χ1n) is 7.15. The van der Waals surface area contributed by atoms with Crippen molar-refractivity contribution < 1.29 is 18.8 Å². The molecule has 1 N–H and O–H groups in total. The summed E-state index contributed by atoms with van der Waals surface area (Å²) in [6, 6.07) is 7.34. The zero-order valence-corrected chi connectivity index (χ0v) is 13.8. The van der Waals surface area contributed by atoms with Crippen molar-refractivity contribution in [3.8, 4) is 11.5 Å². The molecule has 2 rings (SSSR count). The van der Waals surface area contributed by atoms with Gasteiger partial charge in [-0.3, -0.25) is 9.69 Å². The summed E-state index contributed by atoms with van der Waals surface area (Å²) in [5, 5.41) is 6.42. The van der Waals surface area contributed by atoms with E-state index < -0.39 is 0 Å². The van der Waals surface area contributed by atoms with Gasteiger partial charge in [-0.1, -0.05) is 17.3 Å². The molecule has 0 atom stereocenters. The van der Waals surface area contributed by atoms with Gasteiger partial charge in [0.2, 0.25) is 5.91 Å². The molecule has 0 radical (unpaired) electrons. The van der Waals surface area contributed by atoms with Gasteiger partial charge in [0.15, 0.2) is 17.3 Å². The van der Waals surface area contributed by atoms with Crippen LogP contribution in [-0.2, 0) is 11.3 Å². The summed E-state index contributed by atoms with van der Waals surface area (Å²) in [7, 11) is 5.05. The predicted octanol–water partition coefficient (Wildman–Crippen LogP) is 2.07. The van der Waals surface area contributed by atoms with E-state index in [1.807, 2.05) is 30.1 Å². The molecule has 0 unspecified atom stereocenters. The van der Waals surface area contributed by atoms with Crippen molar-refractivity contribution in [1.29, 1.82) is 0 Å². The molecule has 124 valence electrons. The van der Waals surface area contributed by atoms with Gasteiger partial charge in [-0.25, -0.2) is 0 Å². The van der Waals surface area contributed by atoms with Crippen LogP contribution in [0.15, 0.2) is 28.8 Å². The minimum absolute atomic E-state index is 0.164. The Kier molecular flexibility index (Phi) is 5.59. The number of aryl methyl sites for hydroxylation is 1. The van der Waals surface area contributed by atoms with E-state index in [2.05, 4.69) is 10.5 Å². The molecule has 1 aromatic heterocycles. The number of benzene rings is 1. The van der Waals surface area contributed by atoms with Crippen molar-refractivity contribution in [2.75, 3.05) is 33.1 Å². The summed E-state index contributed by atoms with van der Waals surface area (Å²) in [6.45, 7) is 2.53. The molecule has 7 heteroatoms. The number of carbonyl (C=O) groups excluding carboxylic acids is 1. The van der Waals surface area contributed by atoms with Gasteiger partial charge in [0, 0.05) is 18.2 Å². The van der Waals surface area contributed by atoms with Gasteiger partial charge in [-0.05, 0) is 20.0 Å². The van der Waals surface area contributed by atoms with Gasteiger partial charge < -0.3 is 19.3 Å². The normalized spacial score (nSPS) is 10.7. The summed E-state index contributed by atoms with van der Waals surface area (Å²) in [5.41, 5.74) is 0.944. The monoisotopic (exact) mass is 319 g/mol. The molecule has 0 bridgehead atoms. The Labute approximate surface area is 135 Å². The van der Waals surface area contributed by atoms with E-state index in [0.29, 0.717) is 29.6 Å². The summed E-state index contributed by atoms with van der Waals surface area (Å²) in [5.74, 6) is 2.24. The second-order valence-corrected chi connectivity index (χ2v) is 5.20. The highest BCUT2D eigenvalue weighted by Crippen LogP contribution is 2.31. The number of hydrogen-bond donors (Lipinski definition) is 1. The van der Waals surface area contributed by atoms with Gasteiger partial charge in [0.25, 0.3) is 0 Å². The summed E-state index contributed by atoms with van der Waals surface area (Å²) in [4.78, 5) is 13.9. The van der Waals surface area contributed by atoms with Crippen LogP contribution in [0.4, 0.5) is 5.82 Å². The van der Waals surface area contributed by atoms with Crippen molar-refractivity contribution >= 4 is 11.7 Å². The van der Waals surface area contributed by atoms with Crippen molar-refractivity contribution in [2.24, 2.45) is 0 Å². The van der Waals surface area contributed by atoms with Crippen LogP contribution in [0.2, 0.25) is 0 Å². The number of para-hydroxylation sites is 1. The molecule has 0 aliphatic heterocycles.